The van der Waals surface area contributed by atoms with E-state index in [-0.39, 0.29) is 12.1 Å². The number of hydrogen-bond acceptors (Lipinski definition) is 4. The van der Waals surface area contributed by atoms with E-state index < -0.39 is 6.10 Å². The molecule has 1 saturated heterocycles. The number of nitrogens with one attached hydrogen (secondary N) is 1. The van der Waals surface area contributed by atoms with E-state index in [1.54, 1.807) is 0 Å². The number of ether oxygens (including phenoxy) is 2. The molecule has 17 heavy (non-hydrogen) atoms. The van der Waals surface area contributed by atoms with E-state index >= 15 is 0 Å². The van der Waals surface area contributed by atoms with Gasteiger partial charge >= 0.3 is 5.97 Å². The van der Waals surface area contributed by atoms with Gasteiger partial charge in [-0.2, -0.15) is 0 Å². The summed E-state index contributed by atoms with van der Waals surface area (Å²) in [5, 5.41) is 3.10. The van der Waals surface area contributed by atoms with Crippen LogP contribution in [0.3, 0.4) is 0 Å². The highest BCUT2D eigenvalue weighted by atomic mass is 16.6. The molecule has 0 aromatic heterocycles. The molecule has 4 nitrogen and oxygen atoms in total. The fourth-order valence-corrected chi connectivity index (χ4v) is 1.76. The largest absolute Gasteiger partial charge is 0.456 e. The Kier molecular flexibility index (Phi) is 4.12. The fraction of sp³-hybridized carbons (Fsp3) is 0.462. The standard InChI is InChI=1S/C13H17NO3/c1-10(11-5-3-2-4-6-11)17-13(15)12-9-14-7-8-16-12/h2-6,10,12,14H,7-9H2,1H3. The van der Waals surface area contributed by atoms with Gasteiger partial charge in [0, 0.05) is 13.1 Å². The maximum Gasteiger partial charge on any atom is 0.337 e. The molecule has 0 bridgehead atoms. The molecule has 4 heteroatoms. The van der Waals surface area contributed by atoms with Crippen LogP contribution in [0.4, 0.5) is 0 Å². The van der Waals surface area contributed by atoms with E-state index in [1.165, 1.54) is 0 Å². The van der Waals surface area contributed by atoms with Crippen LogP contribution in [0, 0.1) is 0 Å². The Balaban J connectivity index is 1.89. The number of hydrogen-bond donors (Lipinski definition) is 1. The quantitative estimate of drug-likeness (QED) is 0.802. The number of rotatable bonds is 3. The highest BCUT2D eigenvalue weighted by Gasteiger charge is 2.25. The van der Waals surface area contributed by atoms with E-state index in [4.69, 9.17) is 9.47 Å². The first-order chi connectivity index (χ1) is 8.27. The second-order valence-electron chi connectivity index (χ2n) is 4.05. The first-order valence-electron chi connectivity index (χ1n) is 5.85. The lowest BCUT2D eigenvalue weighted by atomic mass is 10.1. The minimum absolute atomic E-state index is 0.241. The third-order valence-electron chi connectivity index (χ3n) is 2.75. The van der Waals surface area contributed by atoms with Crippen molar-refractivity contribution in [2.24, 2.45) is 0 Å². The second kappa shape index (κ2) is 5.80. The van der Waals surface area contributed by atoms with Gasteiger partial charge in [-0.1, -0.05) is 30.3 Å². The van der Waals surface area contributed by atoms with E-state index in [9.17, 15) is 4.79 Å². The van der Waals surface area contributed by atoms with Crippen LogP contribution in [0.2, 0.25) is 0 Å². The topological polar surface area (TPSA) is 47.6 Å². The normalized spacial score (nSPS) is 21.8. The molecule has 0 amide bonds. The lowest BCUT2D eigenvalue weighted by Crippen LogP contribution is -2.44. The minimum atomic E-state index is -0.477. The molecule has 1 aromatic rings. The van der Waals surface area contributed by atoms with Crippen LogP contribution in [-0.4, -0.2) is 31.8 Å². The first-order valence-corrected chi connectivity index (χ1v) is 5.85. The smallest absolute Gasteiger partial charge is 0.337 e. The van der Waals surface area contributed by atoms with E-state index in [0.29, 0.717) is 13.2 Å². The summed E-state index contributed by atoms with van der Waals surface area (Å²) in [6.07, 6.45) is -0.718. The van der Waals surface area contributed by atoms with Gasteiger partial charge in [0.15, 0.2) is 6.10 Å². The van der Waals surface area contributed by atoms with E-state index in [0.717, 1.165) is 12.1 Å². The Labute approximate surface area is 101 Å². The average Bonchev–Trinajstić information content (AvgIpc) is 2.40. The van der Waals surface area contributed by atoms with Crippen LogP contribution in [0.25, 0.3) is 0 Å². The number of carbonyl (C=O) groups is 1. The molecule has 2 unspecified atom stereocenters. The Bertz CT molecular complexity index is 360. The van der Waals surface area contributed by atoms with Crippen LogP contribution in [0.5, 0.6) is 0 Å². The van der Waals surface area contributed by atoms with Crippen LogP contribution in [-0.2, 0) is 14.3 Å². The van der Waals surface area contributed by atoms with Crippen molar-refractivity contribution in [3.05, 3.63) is 35.9 Å². The van der Waals surface area contributed by atoms with Crippen molar-refractivity contribution in [2.75, 3.05) is 19.7 Å². The zero-order valence-electron chi connectivity index (χ0n) is 9.89. The van der Waals surface area contributed by atoms with Crippen LogP contribution < -0.4 is 5.32 Å². The van der Waals surface area contributed by atoms with Crippen molar-refractivity contribution in [3.63, 3.8) is 0 Å². The molecule has 1 N–H and O–H groups in total. The third-order valence-corrected chi connectivity index (χ3v) is 2.75. The van der Waals surface area contributed by atoms with Crippen LogP contribution in [0.1, 0.15) is 18.6 Å². The van der Waals surface area contributed by atoms with Crippen LogP contribution >= 0.6 is 0 Å². The maximum atomic E-state index is 11.8. The van der Waals surface area contributed by atoms with Crippen molar-refractivity contribution in [1.82, 2.24) is 5.32 Å². The molecule has 1 aliphatic rings. The van der Waals surface area contributed by atoms with Gasteiger partial charge in [-0.25, -0.2) is 4.79 Å². The zero-order chi connectivity index (χ0) is 12.1. The summed E-state index contributed by atoms with van der Waals surface area (Å²) in [7, 11) is 0. The van der Waals surface area contributed by atoms with Gasteiger partial charge in [-0.05, 0) is 12.5 Å². The number of carbonyl (C=O) groups excluding carboxylic acids is 1. The van der Waals surface area contributed by atoms with Crippen molar-refractivity contribution < 1.29 is 14.3 Å². The van der Waals surface area contributed by atoms with Crippen molar-refractivity contribution in [3.8, 4) is 0 Å². The molecule has 1 aliphatic heterocycles. The summed E-state index contributed by atoms with van der Waals surface area (Å²) in [5.41, 5.74) is 0.990. The number of benzene rings is 1. The van der Waals surface area contributed by atoms with Gasteiger partial charge in [0.2, 0.25) is 0 Å². The summed E-state index contributed by atoms with van der Waals surface area (Å²) in [6.45, 7) is 3.74. The van der Waals surface area contributed by atoms with E-state index in [1.807, 2.05) is 37.3 Å². The zero-order valence-corrected chi connectivity index (χ0v) is 9.89. The van der Waals surface area contributed by atoms with Gasteiger partial charge in [-0.15, -0.1) is 0 Å². The monoisotopic (exact) mass is 235 g/mol. The average molecular weight is 235 g/mol. The molecule has 0 aliphatic carbocycles. The van der Waals surface area contributed by atoms with E-state index in [2.05, 4.69) is 5.32 Å². The molecule has 0 radical (unpaired) electrons. The Morgan fingerprint density at radius 1 is 1.47 bits per heavy atom. The van der Waals surface area contributed by atoms with Gasteiger partial charge in [-0.3, -0.25) is 0 Å². The lowest BCUT2D eigenvalue weighted by molar-refractivity contribution is -0.163. The van der Waals surface area contributed by atoms with Gasteiger partial charge in [0.1, 0.15) is 6.10 Å². The maximum absolute atomic E-state index is 11.8. The third kappa shape index (κ3) is 3.28. The van der Waals surface area contributed by atoms with Gasteiger partial charge < -0.3 is 14.8 Å². The Morgan fingerprint density at radius 3 is 2.88 bits per heavy atom. The lowest BCUT2D eigenvalue weighted by Gasteiger charge is -2.23. The highest BCUT2D eigenvalue weighted by Crippen LogP contribution is 2.17. The molecule has 0 saturated carbocycles. The highest BCUT2D eigenvalue weighted by molar-refractivity contribution is 5.75. The Hall–Kier alpha value is -1.39. The fourth-order valence-electron chi connectivity index (χ4n) is 1.76. The summed E-state index contributed by atoms with van der Waals surface area (Å²) in [5.74, 6) is -0.298. The SMILES string of the molecule is CC(OC(=O)C1CNCCO1)c1ccccc1. The summed E-state index contributed by atoms with van der Waals surface area (Å²) in [4.78, 5) is 11.8. The second-order valence-corrected chi connectivity index (χ2v) is 4.05. The predicted octanol–water partition coefficient (Wildman–Crippen LogP) is 1.28. The molecule has 0 spiro atoms. The predicted molar refractivity (Wildman–Crippen MR) is 63.6 cm³/mol. The summed E-state index contributed by atoms with van der Waals surface area (Å²) < 4.78 is 10.7. The van der Waals surface area contributed by atoms with Crippen molar-refractivity contribution in [1.29, 1.82) is 0 Å². The first kappa shape index (κ1) is 12.1. The van der Waals surface area contributed by atoms with Crippen molar-refractivity contribution >= 4 is 5.97 Å². The molecule has 1 heterocycles. The molecular formula is C13H17NO3. The summed E-state index contributed by atoms with van der Waals surface area (Å²) in [6, 6.07) is 9.68. The molecule has 1 fully saturated rings. The van der Waals surface area contributed by atoms with Gasteiger partial charge in [0.25, 0.3) is 0 Å². The number of esters is 1. The Morgan fingerprint density at radius 2 is 2.24 bits per heavy atom. The van der Waals surface area contributed by atoms with Crippen LogP contribution in [0.15, 0.2) is 30.3 Å². The molecular weight excluding hydrogens is 218 g/mol. The molecule has 92 valence electrons. The molecule has 1 aromatic carbocycles. The van der Waals surface area contributed by atoms with Gasteiger partial charge in [0.05, 0.1) is 6.61 Å². The number of morpholine rings is 1. The molecule has 2 atom stereocenters. The minimum Gasteiger partial charge on any atom is -0.456 e. The summed E-state index contributed by atoms with van der Waals surface area (Å²) >= 11 is 0. The molecule has 2 rings (SSSR count). The van der Waals surface area contributed by atoms with Crippen molar-refractivity contribution in [2.45, 2.75) is 19.1 Å².